The Morgan fingerprint density at radius 2 is 1.82 bits per heavy atom. The van der Waals surface area contributed by atoms with Crippen molar-refractivity contribution in [1.82, 2.24) is 0 Å². The Morgan fingerprint density at radius 1 is 1.04 bits per heavy atom. The Morgan fingerprint density at radius 3 is 2.50 bits per heavy atom. The van der Waals surface area contributed by atoms with Gasteiger partial charge in [-0.25, -0.2) is 4.79 Å². The van der Waals surface area contributed by atoms with Crippen LogP contribution in [0.15, 0.2) is 23.8 Å². The number of carbonyl (C=O) groups excluding carboxylic acids is 1. The van der Waals surface area contributed by atoms with Crippen LogP contribution < -0.4 is 0 Å². The first-order valence-electron chi connectivity index (χ1n) is 10.7. The van der Waals surface area contributed by atoms with E-state index in [1.54, 1.807) is 0 Å². The second kappa shape index (κ2) is 5.93. The van der Waals surface area contributed by atoms with Gasteiger partial charge in [0.1, 0.15) is 6.61 Å². The van der Waals surface area contributed by atoms with Gasteiger partial charge in [0.25, 0.3) is 0 Å². The van der Waals surface area contributed by atoms with Gasteiger partial charge in [-0.05, 0) is 56.9 Å². The fourth-order valence-corrected chi connectivity index (χ4v) is 6.72. The van der Waals surface area contributed by atoms with Gasteiger partial charge in [0, 0.05) is 11.3 Å². The normalized spacial score (nSPS) is 49.5. The molecule has 5 rings (SSSR count). The molecule has 5 nitrogen and oxygen atoms in total. The molecular weight excluding hydrogens is 356 g/mol. The van der Waals surface area contributed by atoms with Crippen molar-refractivity contribution >= 4 is 5.97 Å². The summed E-state index contributed by atoms with van der Waals surface area (Å²) in [6, 6.07) is 0. The number of ether oxygens (including phenoxy) is 4. The number of fused-ring (bicyclic) bond motifs is 3. The fourth-order valence-electron chi connectivity index (χ4n) is 6.72. The van der Waals surface area contributed by atoms with Crippen LogP contribution >= 0.6 is 0 Å². The van der Waals surface area contributed by atoms with Crippen LogP contribution in [-0.2, 0) is 23.7 Å². The zero-order valence-corrected chi connectivity index (χ0v) is 17.5. The molecular formula is C23H32O5. The lowest BCUT2D eigenvalue weighted by Crippen LogP contribution is -2.64. The molecule has 0 aromatic heterocycles. The molecule has 1 unspecified atom stereocenters. The third-order valence-electron chi connectivity index (χ3n) is 8.30. The van der Waals surface area contributed by atoms with Gasteiger partial charge in [0.2, 0.25) is 0 Å². The molecule has 0 bridgehead atoms. The van der Waals surface area contributed by atoms with E-state index in [-0.39, 0.29) is 28.5 Å². The molecule has 154 valence electrons. The SMILES string of the molecule is CC1(C)OC[C@@]2(C)[C@H]3CCC4(CO4)[C@@H](/C=C/C4=CCOC4=O)[C@]3(C)CC[C@H]2O1. The standard InChI is InChI=1S/C23H32O5/c1-20(2)26-13-22(4)16-7-11-23(14-27-23)17(6-5-15-9-12-25-19(15)24)21(16,3)10-8-18(22)28-20/h5-6,9,16-18H,7-8,10-14H2,1-4H3/b6-5+/t16-,17-,18+,21+,22-,23?/m0/s1. The zero-order chi connectivity index (χ0) is 19.8. The average Bonchev–Trinajstić information content (AvgIpc) is 3.28. The molecule has 3 aliphatic heterocycles. The number of hydrogen-bond donors (Lipinski definition) is 0. The minimum Gasteiger partial charge on any atom is -0.458 e. The van der Waals surface area contributed by atoms with Crippen LogP contribution in [0, 0.1) is 22.7 Å². The molecule has 0 amide bonds. The van der Waals surface area contributed by atoms with Gasteiger partial charge < -0.3 is 18.9 Å². The number of rotatable bonds is 2. The Hall–Kier alpha value is -1.17. The van der Waals surface area contributed by atoms with E-state index in [0.717, 1.165) is 38.9 Å². The Labute approximate surface area is 167 Å². The van der Waals surface area contributed by atoms with Crippen LogP contribution in [-0.4, -0.2) is 43.3 Å². The summed E-state index contributed by atoms with van der Waals surface area (Å²) < 4.78 is 23.7. The second-order valence-electron chi connectivity index (χ2n) is 10.4. The highest BCUT2D eigenvalue weighted by Crippen LogP contribution is 2.67. The first kappa shape index (κ1) is 18.8. The predicted octanol–water partition coefficient (Wildman–Crippen LogP) is 3.78. The summed E-state index contributed by atoms with van der Waals surface area (Å²) in [4.78, 5) is 11.9. The molecule has 5 heteroatoms. The van der Waals surface area contributed by atoms with Crippen molar-refractivity contribution in [2.75, 3.05) is 19.8 Å². The van der Waals surface area contributed by atoms with E-state index in [1.807, 2.05) is 26.0 Å². The maximum Gasteiger partial charge on any atom is 0.338 e. The van der Waals surface area contributed by atoms with E-state index in [0.29, 0.717) is 24.0 Å². The van der Waals surface area contributed by atoms with Crippen LogP contribution in [0.5, 0.6) is 0 Å². The molecule has 3 heterocycles. The largest absolute Gasteiger partial charge is 0.458 e. The number of esters is 1. The maximum absolute atomic E-state index is 11.9. The quantitative estimate of drug-likeness (QED) is 0.532. The average molecular weight is 389 g/mol. The molecule has 28 heavy (non-hydrogen) atoms. The van der Waals surface area contributed by atoms with Crippen molar-refractivity contribution in [2.24, 2.45) is 22.7 Å². The van der Waals surface area contributed by atoms with E-state index < -0.39 is 5.79 Å². The summed E-state index contributed by atoms with van der Waals surface area (Å²) in [5, 5.41) is 0. The van der Waals surface area contributed by atoms with E-state index >= 15 is 0 Å². The highest BCUT2D eigenvalue weighted by atomic mass is 16.7. The minimum absolute atomic E-state index is 0.0106. The van der Waals surface area contributed by atoms with Gasteiger partial charge in [-0.2, -0.15) is 0 Å². The fraction of sp³-hybridized carbons (Fsp3) is 0.783. The van der Waals surface area contributed by atoms with Gasteiger partial charge in [-0.15, -0.1) is 0 Å². The Kier molecular flexibility index (Phi) is 3.99. The van der Waals surface area contributed by atoms with E-state index in [9.17, 15) is 4.79 Å². The highest BCUT2D eigenvalue weighted by Gasteiger charge is 2.68. The third kappa shape index (κ3) is 2.66. The van der Waals surface area contributed by atoms with Crippen molar-refractivity contribution in [2.45, 2.75) is 70.9 Å². The van der Waals surface area contributed by atoms with Crippen molar-refractivity contribution < 1.29 is 23.7 Å². The topological polar surface area (TPSA) is 57.3 Å². The molecule has 1 spiro atoms. The summed E-state index contributed by atoms with van der Waals surface area (Å²) in [7, 11) is 0. The van der Waals surface area contributed by atoms with Crippen LogP contribution in [0.25, 0.3) is 0 Å². The van der Waals surface area contributed by atoms with E-state index in [4.69, 9.17) is 18.9 Å². The number of hydrogen-bond acceptors (Lipinski definition) is 5. The van der Waals surface area contributed by atoms with Gasteiger partial charge in [0.15, 0.2) is 5.79 Å². The zero-order valence-electron chi connectivity index (χ0n) is 17.5. The summed E-state index contributed by atoms with van der Waals surface area (Å²) in [5.74, 6) is 0.0817. The lowest BCUT2D eigenvalue weighted by Gasteiger charge is -2.63. The maximum atomic E-state index is 11.9. The molecule has 6 atom stereocenters. The summed E-state index contributed by atoms with van der Waals surface area (Å²) in [6.07, 6.45) is 10.7. The summed E-state index contributed by atoms with van der Waals surface area (Å²) >= 11 is 0. The van der Waals surface area contributed by atoms with Crippen LogP contribution in [0.3, 0.4) is 0 Å². The monoisotopic (exact) mass is 388 g/mol. The first-order chi connectivity index (χ1) is 13.2. The van der Waals surface area contributed by atoms with Crippen molar-refractivity contribution in [3.8, 4) is 0 Å². The lowest BCUT2D eigenvalue weighted by atomic mass is 9.45. The first-order valence-corrected chi connectivity index (χ1v) is 10.7. The number of cyclic esters (lactones) is 1. The van der Waals surface area contributed by atoms with Crippen LogP contribution in [0.2, 0.25) is 0 Å². The van der Waals surface area contributed by atoms with Gasteiger partial charge in [-0.3, -0.25) is 0 Å². The van der Waals surface area contributed by atoms with E-state index in [1.165, 1.54) is 0 Å². The number of epoxide rings is 1. The van der Waals surface area contributed by atoms with Crippen molar-refractivity contribution in [1.29, 1.82) is 0 Å². The molecule has 0 N–H and O–H groups in total. The Balaban J connectivity index is 1.47. The van der Waals surface area contributed by atoms with Gasteiger partial charge >= 0.3 is 5.97 Å². The van der Waals surface area contributed by atoms with Crippen LogP contribution in [0.1, 0.15) is 53.4 Å². The van der Waals surface area contributed by atoms with Crippen molar-refractivity contribution in [3.63, 3.8) is 0 Å². The Bertz CT molecular complexity index is 748. The van der Waals surface area contributed by atoms with Crippen molar-refractivity contribution in [3.05, 3.63) is 23.8 Å². The lowest BCUT2D eigenvalue weighted by molar-refractivity contribution is -0.346. The van der Waals surface area contributed by atoms with Gasteiger partial charge in [-0.1, -0.05) is 26.0 Å². The molecule has 4 fully saturated rings. The second-order valence-corrected chi connectivity index (χ2v) is 10.4. The molecule has 5 aliphatic rings. The molecule has 0 radical (unpaired) electrons. The molecule has 0 aromatic rings. The van der Waals surface area contributed by atoms with Crippen LogP contribution in [0.4, 0.5) is 0 Å². The molecule has 2 saturated carbocycles. The summed E-state index contributed by atoms with van der Waals surface area (Å²) in [6.45, 7) is 10.8. The third-order valence-corrected chi connectivity index (χ3v) is 8.30. The smallest absolute Gasteiger partial charge is 0.338 e. The minimum atomic E-state index is -0.498. The molecule has 2 aliphatic carbocycles. The molecule has 0 aromatic carbocycles. The molecule has 2 saturated heterocycles. The van der Waals surface area contributed by atoms with Gasteiger partial charge in [0.05, 0.1) is 30.5 Å². The summed E-state index contributed by atoms with van der Waals surface area (Å²) in [5.41, 5.74) is 0.737. The van der Waals surface area contributed by atoms with E-state index in [2.05, 4.69) is 19.9 Å². The highest BCUT2D eigenvalue weighted by molar-refractivity contribution is 5.93. The number of carbonyl (C=O) groups is 1. The predicted molar refractivity (Wildman–Crippen MR) is 103 cm³/mol.